The fraction of sp³-hybridized carbons (Fsp3) is 0.500. The van der Waals surface area contributed by atoms with Crippen molar-refractivity contribution >= 4 is 22.6 Å². The summed E-state index contributed by atoms with van der Waals surface area (Å²) in [4.78, 5) is 0. The zero-order valence-electron chi connectivity index (χ0n) is 8.70. The predicted octanol–water partition coefficient (Wildman–Crippen LogP) is 3.24. The highest BCUT2D eigenvalue weighted by atomic mass is 127. The Morgan fingerprint density at radius 2 is 1.79 bits per heavy atom. The topological polar surface area (TPSA) is 20.2 Å². The molecule has 78 valence electrons. The van der Waals surface area contributed by atoms with Gasteiger partial charge in [0, 0.05) is 3.57 Å². The van der Waals surface area contributed by atoms with Gasteiger partial charge in [-0.25, -0.2) is 0 Å². The molecule has 14 heavy (non-hydrogen) atoms. The van der Waals surface area contributed by atoms with E-state index in [2.05, 4.69) is 60.7 Å². The van der Waals surface area contributed by atoms with Crippen LogP contribution in [0.3, 0.4) is 0 Å². The second-order valence-corrected chi connectivity index (χ2v) is 5.36. The van der Waals surface area contributed by atoms with Crippen LogP contribution in [-0.4, -0.2) is 11.2 Å². The first-order valence-electron chi connectivity index (χ1n) is 5.00. The molecule has 0 aliphatic carbocycles. The lowest BCUT2D eigenvalue weighted by molar-refractivity contribution is 0.149. The molecule has 2 heteroatoms. The zero-order valence-corrected chi connectivity index (χ0v) is 10.9. The van der Waals surface area contributed by atoms with Crippen LogP contribution in [0.1, 0.15) is 25.8 Å². The molecule has 1 rings (SSSR count). The normalized spacial score (nSPS) is 13.2. The van der Waals surface area contributed by atoms with Crippen molar-refractivity contribution in [1.82, 2.24) is 0 Å². The van der Waals surface area contributed by atoms with Crippen molar-refractivity contribution in [3.63, 3.8) is 0 Å². The van der Waals surface area contributed by atoms with Crippen molar-refractivity contribution in [2.75, 3.05) is 0 Å². The number of hydrogen-bond donors (Lipinski definition) is 1. The van der Waals surface area contributed by atoms with E-state index in [0.29, 0.717) is 5.92 Å². The fourth-order valence-electron chi connectivity index (χ4n) is 1.52. The number of aliphatic hydroxyl groups excluding tert-OH is 1. The van der Waals surface area contributed by atoms with Crippen LogP contribution in [0.2, 0.25) is 0 Å². The fourth-order valence-corrected chi connectivity index (χ4v) is 1.88. The predicted molar refractivity (Wildman–Crippen MR) is 68.3 cm³/mol. The smallest absolute Gasteiger partial charge is 0.0583 e. The molecule has 0 bridgehead atoms. The van der Waals surface area contributed by atoms with Crippen LogP contribution in [0.5, 0.6) is 0 Å². The maximum atomic E-state index is 9.74. The largest absolute Gasteiger partial charge is 0.393 e. The second kappa shape index (κ2) is 5.71. The monoisotopic (exact) mass is 304 g/mol. The average molecular weight is 304 g/mol. The van der Waals surface area contributed by atoms with Crippen molar-refractivity contribution < 1.29 is 5.11 Å². The number of benzene rings is 1. The Bertz CT molecular complexity index is 266. The first kappa shape index (κ1) is 12.0. The summed E-state index contributed by atoms with van der Waals surface area (Å²) in [6, 6.07) is 8.34. The molecule has 1 unspecified atom stereocenters. The van der Waals surface area contributed by atoms with Crippen LogP contribution in [-0.2, 0) is 6.42 Å². The van der Waals surface area contributed by atoms with Gasteiger partial charge in [-0.1, -0.05) is 26.0 Å². The van der Waals surface area contributed by atoms with Crippen LogP contribution in [0.15, 0.2) is 24.3 Å². The van der Waals surface area contributed by atoms with Gasteiger partial charge in [0.15, 0.2) is 0 Å². The van der Waals surface area contributed by atoms with Gasteiger partial charge in [0.1, 0.15) is 0 Å². The van der Waals surface area contributed by atoms with Crippen molar-refractivity contribution in [3.05, 3.63) is 33.4 Å². The third kappa shape index (κ3) is 4.42. The van der Waals surface area contributed by atoms with E-state index in [1.165, 1.54) is 9.13 Å². The number of rotatable bonds is 4. The summed E-state index contributed by atoms with van der Waals surface area (Å²) in [5, 5.41) is 9.74. The van der Waals surface area contributed by atoms with Gasteiger partial charge in [0.05, 0.1) is 6.10 Å². The molecule has 0 aliphatic heterocycles. The van der Waals surface area contributed by atoms with Crippen molar-refractivity contribution in [2.45, 2.75) is 32.8 Å². The number of hydrogen-bond acceptors (Lipinski definition) is 1. The summed E-state index contributed by atoms with van der Waals surface area (Å²) in [6.45, 7) is 4.27. The second-order valence-electron chi connectivity index (χ2n) is 4.11. The molecule has 1 aromatic carbocycles. The molecule has 0 radical (unpaired) electrons. The molecule has 0 saturated carbocycles. The Balaban J connectivity index is 2.47. The summed E-state index contributed by atoms with van der Waals surface area (Å²) in [5.41, 5.74) is 1.22. The first-order chi connectivity index (χ1) is 6.58. The standard InChI is InChI=1S/C12H17IO/c1-9(2)7-12(14)8-10-3-5-11(13)6-4-10/h3-6,9,12,14H,7-8H2,1-2H3. The SMILES string of the molecule is CC(C)CC(O)Cc1ccc(I)cc1. The molecule has 1 aromatic rings. The quantitative estimate of drug-likeness (QED) is 0.847. The first-order valence-corrected chi connectivity index (χ1v) is 6.08. The average Bonchev–Trinajstić information content (AvgIpc) is 2.07. The lowest BCUT2D eigenvalue weighted by Crippen LogP contribution is -2.13. The molecule has 0 saturated heterocycles. The van der Waals surface area contributed by atoms with Crippen molar-refractivity contribution in [2.24, 2.45) is 5.92 Å². The molecule has 0 amide bonds. The highest BCUT2D eigenvalue weighted by Gasteiger charge is 2.07. The molecule has 0 aliphatic rings. The van der Waals surface area contributed by atoms with E-state index in [4.69, 9.17) is 0 Å². The van der Waals surface area contributed by atoms with E-state index in [9.17, 15) is 5.11 Å². The summed E-state index contributed by atoms with van der Waals surface area (Å²) in [7, 11) is 0. The van der Waals surface area contributed by atoms with Gasteiger partial charge in [-0.2, -0.15) is 0 Å². The maximum Gasteiger partial charge on any atom is 0.0583 e. The summed E-state index contributed by atoms with van der Waals surface area (Å²) >= 11 is 2.29. The Morgan fingerprint density at radius 3 is 2.29 bits per heavy atom. The van der Waals surface area contributed by atoms with Gasteiger partial charge in [-0.05, 0) is 59.0 Å². The number of aliphatic hydroxyl groups is 1. The third-order valence-electron chi connectivity index (χ3n) is 2.13. The van der Waals surface area contributed by atoms with Gasteiger partial charge in [0.2, 0.25) is 0 Å². The highest BCUT2D eigenvalue weighted by molar-refractivity contribution is 14.1. The van der Waals surface area contributed by atoms with E-state index in [-0.39, 0.29) is 6.10 Å². The minimum Gasteiger partial charge on any atom is -0.393 e. The molecule has 0 heterocycles. The molecule has 0 spiro atoms. The van der Waals surface area contributed by atoms with Crippen LogP contribution in [0.25, 0.3) is 0 Å². The molecular weight excluding hydrogens is 287 g/mol. The van der Waals surface area contributed by atoms with E-state index in [1.54, 1.807) is 0 Å². The number of halogens is 1. The minimum absolute atomic E-state index is 0.199. The van der Waals surface area contributed by atoms with Crippen LogP contribution >= 0.6 is 22.6 Å². The zero-order chi connectivity index (χ0) is 10.6. The van der Waals surface area contributed by atoms with E-state index < -0.39 is 0 Å². The molecule has 0 fully saturated rings. The van der Waals surface area contributed by atoms with E-state index >= 15 is 0 Å². The molecule has 1 N–H and O–H groups in total. The van der Waals surface area contributed by atoms with Crippen LogP contribution in [0.4, 0.5) is 0 Å². The van der Waals surface area contributed by atoms with Crippen LogP contribution < -0.4 is 0 Å². The van der Waals surface area contributed by atoms with Crippen LogP contribution in [0, 0.1) is 9.49 Å². The van der Waals surface area contributed by atoms with Gasteiger partial charge >= 0.3 is 0 Å². The Morgan fingerprint density at radius 1 is 1.21 bits per heavy atom. The highest BCUT2D eigenvalue weighted by Crippen LogP contribution is 2.12. The van der Waals surface area contributed by atoms with E-state index in [1.807, 2.05) is 0 Å². The van der Waals surface area contributed by atoms with Crippen molar-refractivity contribution in [3.8, 4) is 0 Å². The minimum atomic E-state index is -0.199. The lowest BCUT2D eigenvalue weighted by Gasteiger charge is -2.12. The van der Waals surface area contributed by atoms with Gasteiger partial charge < -0.3 is 5.11 Å². The van der Waals surface area contributed by atoms with E-state index in [0.717, 1.165) is 12.8 Å². The Kier molecular flexibility index (Phi) is 4.89. The van der Waals surface area contributed by atoms with Gasteiger partial charge in [-0.3, -0.25) is 0 Å². The molecule has 1 atom stereocenters. The lowest BCUT2D eigenvalue weighted by atomic mass is 10.00. The Labute approximate surface area is 99.7 Å². The molecule has 1 nitrogen and oxygen atoms in total. The van der Waals surface area contributed by atoms with Gasteiger partial charge in [0.25, 0.3) is 0 Å². The Hall–Kier alpha value is -0.0900. The summed E-state index contributed by atoms with van der Waals surface area (Å²) in [6.07, 6.45) is 1.45. The van der Waals surface area contributed by atoms with Gasteiger partial charge in [-0.15, -0.1) is 0 Å². The molecular formula is C12H17IO. The summed E-state index contributed by atoms with van der Waals surface area (Å²) in [5.74, 6) is 0.564. The maximum absolute atomic E-state index is 9.74. The van der Waals surface area contributed by atoms with Crippen molar-refractivity contribution in [1.29, 1.82) is 0 Å². The third-order valence-corrected chi connectivity index (χ3v) is 2.85. The molecule has 0 aromatic heterocycles. The summed E-state index contributed by atoms with van der Waals surface area (Å²) < 4.78 is 1.24.